The molecule has 0 bridgehead atoms. The molecule has 2 aromatic carbocycles. The number of amides is 2. The van der Waals surface area contributed by atoms with Crippen LogP contribution in [0, 0.1) is 11.7 Å². The topological polar surface area (TPSA) is 49.4 Å². The summed E-state index contributed by atoms with van der Waals surface area (Å²) in [5.41, 5.74) is 1.12. The maximum absolute atomic E-state index is 14.2. The minimum atomic E-state index is -0.740. The molecular weight excluding hydrogens is 458 g/mol. The summed E-state index contributed by atoms with van der Waals surface area (Å²) >= 11 is 13.7. The van der Waals surface area contributed by atoms with Crippen molar-refractivity contribution in [3.63, 3.8) is 0 Å². The van der Waals surface area contributed by atoms with Crippen molar-refractivity contribution in [2.24, 2.45) is 5.92 Å². The molecule has 0 spiro atoms. The number of nitrogens with one attached hydrogen (secondary N) is 1. The SMILES string of the molecule is CC(C)CNC(=O)[C@@H](C)N(Cc1ccccc1F)C(=O)CSCc1c(Cl)cccc1Cl. The van der Waals surface area contributed by atoms with E-state index in [0.717, 1.165) is 5.56 Å². The first-order chi connectivity index (χ1) is 14.7. The minimum absolute atomic E-state index is 0.00911. The molecule has 2 rings (SSSR count). The van der Waals surface area contributed by atoms with Gasteiger partial charge in [0.15, 0.2) is 0 Å². The minimum Gasteiger partial charge on any atom is -0.354 e. The van der Waals surface area contributed by atoms with Crippen molar-refractivity contribution in [2.75, 3.05) is 12.3 Å². The maximum atomic E-state index is 14.2. The Hall–Kier alpha value is -1.76. The molecule has 0 unspecified atom stereocenters. The zero-order valence-electron chi connectivity index (χ0n) is 17.8. The number of nitrogens with zero attached hydrogens (tertiary/aromatic N) is 1. The number of hydrogen-bond acceptors (Lipinski definition) is 3. The van der Waals surface area contributed by atoms with Crippen LogP contribution >= 0.6 is 35.0 Å². The van der Waals surface area contributed by atoms with E-state index >= 15 is 0 Å². The summed E-state index contributed by atoms with van der Waals surface area (Å²) in [6, 6.07) is 10.8. The number of hydrogen-bond donors (Lipinski definition) is 1. The monoisotopic (exact) mass is 484 g/mol. The zero-order chi connectivity index (χ0) is 23.0. The first-order valence-corrected chi connectivity index (χ1v) is 11.9. The summed E-state index contributed by atoms with van der Waals surface area (Å²) in [5, 5.41) is 3.92. The molecule has 0 saturated heterocycles. The summed E-state index contributed by atoms with van der Waals surface area (Å²) in [5.74, 6) is -0.0988. The second kappa shape index (κ2) is 12.3. The van der Waals surface area contributed by atoms with Crippen LogP contribution < -0.4 is 5.32 Å². The van der Waals surface area contributed by atoms with Crippen molar-refractivity contribution in [1.29, 1.82) is 0 Å². The second-order valence-electron chi connectivity index (χ2n) is 7.62. The molecule has 4 nitrogen and oxygen atoms in total. The Morgan fingerprint density at radius 3 is 2.32 bits per heavy atom. The molecule has 2 aromatic rings. The fourth-order valence-corrected chi connectivity index (χ4v) is 4.49. The molecule has 0 aliphatic carbocycles. The van der Waals surface area contributed by atoms with Crippen LogP contribution in [0.2, 0.25) is 10.0 Å². The number of rotatable bonds is 10. The van der Waals surface area contributed by atoms with Gasteiger partial charge in [-0.15, -0.1) is 11.8 Å². The van der Waals surface area contributed by atoms with E-state index in [4.69, 9.17) is 23.2 Å². The van der Waals surface area contributed by atoms with Gasteiger partial charge in [0.05, 0.1) is 5.75 Å². The first-order valence-electron chi connectivity index (χ1n) is 10.0. The van der Waals surface area contributed by atoms with Gasteiger partial charge >= 0.3 is 0 Å². The Morgan fingerprint density at radius 2 is 1.71 bits per heavy atom. The summed E-state index contributed by atoms with van der Waals surface area (Å²) in [4.78, 5) is 27.1. The van der Waals surface area contributed by atoms with Gasteiger partial charge in [0.25, 0.3) is 0 Å². The average Bonchev–Trinajstić information content (AvgIpc) is 2.72. The standard InChI is InChI=1S/C23H27Cl2FN2O2S/c1-15(2)11-27-23(30)16(3)28(12-17-7-4-5-10-21(17)26)22(29)14-31-13-18-19(24)8-6-9-20(18)25/h4-10,15-16H,11-14H2,1-3H3,(H,27,30)/t16-/m1/s1. The molecule has 2 amide bonds. The molecule has 0 saturated carbocycles. The highest BCUT2D eigenvalue weighted by molar-refractivity contribution is 7.99. The Kier molecular flexibility index (Phi) is 10.1. The first kappa shape index (κ1) is 25.5. The third-order valence-corrected chi connectivity index (χ3v) is 6.34. The van der Waals surface area contributed by atoms with Crippen molar-refractivity contribution in [3.8, 4) is 0 Å². The molecule has 0 aromatic heterocycles. The number of benzene rings is 2. The van der Waals surface area contributed by atoms with Gasteiger partial charge in [0, 0.05) is 34.5 Å². The molecule has 8 heteroatoms. The predicted molar refractivity (Wildman–Crippen MR) is 127 cm³/mol. The van der Waals surface area contributed by atoms with Crippen LogP contribution in [-0.4, -0.2) is 35.1 Å². The Morgan fingerprint density at radius 1 is 1.06 bits per heavy atom. The van der Waals surface area contributed by atoms with E-state index in [0.29, 0.717) is 27.9 Å². The lowest BCUT2D eigenvalue weighted by molar-refractivity contribution is -0.138. The number of halogens is 3. The summed E-state index contributed by atoms with van der Waals surface area (Å²) in [7, 11) is 0. The van der Waals surface area contributed by atoms with Gasteiger partial charge in [-0.1, -0.05) is 61.3 Å². The van der Waals surface area contributed by atoms with Crippen LogP contribution in [0.5, 0.6) is 0 Å². The quantitative estimate of drug-likeness (QED) is 0.480. The van der Waals surface area contributed by atoms with Crippen molar-refractivity contribution in [3.05, 3.63) is 69.5 Å². The average molecular weight is 485 g/mol. The van der Waals surface area contributed by atoms with Gasteiger partial charge in [-0.3, -0.25) is 9.59 Å². The van der Waals surface area contributed by atoms with E-state index < -0.39 is 11.9 Å². The molecule has 1 atom stereocenters. The van der Waals surface area contributed by atoms with Gasteiger partial charge in [-0.05, 0) is 36.6 Å². The van der Waals surface area contributed by atoms with Gasteiger partial charge in [-0.2, -0.15) is 0 Å². The van der Waals surface area contributed by atoms with E-state index in [1.165, 1.54) is 22.7 Å². The molecule has 1 N–H and O–H groups in total. The molecule has 0 heterocycles. The largest absolute Gasteiger partial charge is 0.354 e. The fourth-order valence-electron chi connectivity index (χ4n) is 2.84. The van der Waals surface area contributed by atoms with Gasteiger partial charge < -0.3 is 10.2 Å². The predicted octanol–water partition coefficient (Wildman–Crippen LogP) is 5.56. The Balaban J connectivity index is 2.11. The Bertz CT molecular complexity index is 891. The number of carbonyl (C=O) groups is 2. The van der Waals surface area contributed by atoms with E-state index in [9.17, 15) is 14.0 Å². The lowest BCUT2D eigenvalue weighted by atomic mass is 10.1. The highest BCUT2D eigenvalue weighted by Crippen LogP contribution is 2.28. The molecule has 0 fully saturated rings. The fraction of sp³-hybridized carbons (Fsp3) is 0.391. The van der Waals surface area contributed by atoms with Crippen molar-refractivity contribution in [1.82, 2.24) is 10.2 Å². The van der Waals surface area contributed by atoms with Crippen molar-refractivity contribution >= 4 is 46.8 Å². The van der Waals surface area contributed by atoms with Crippen LogP contribution in [-0.2, 0) is 21.9 Å². The van der Waals surface area contributed by atoms with Crippen LogP contribution in [0.25, 0.3) is 0 Å². The molecular formula is C23H27Cl2FN2O2S. The second-order valence-corrected chi connectivity index (χ2v) is 9.42. The van der Waals surface area contributed by atoms with Crippen LogP contribution in [0.3, 0.4) is 0 Å². The molecule has 0 aliphatic rings. The van der Waals surface area contributed by atoms with Crippen LogP contribution in [0.1, 0.15) is 31.9 Å². The normalized spacial score (nSPS) is 12.0. The van der Waals surface area contributed by atoms with Gasteiger partial charge in [0.1, 0.15) is 11.9 Å². The number of thioether (sulfide) groups is 1. The maximum Gasteiger partial charge on any atom is 0.242 e. The lowest BCUT2D eigenvalue weighted by Crippen LogP contribution is -2.48. The molecule has 168 valence electrons. The Labute approximate surface area is 197 Å². The molecule has 31 heavy (non-hydrogen) atoms. The van der Waals surface area contributed by atoms with E-state index in [1.807, 2.05) is 13.8 Å². The third kappa shape index (κ3) is 7.70. The highest BCUT2D eigenvalue weighted by Gasteiger charge is 2.27. The van der Waals surface area contributed by atoms with Gasteiger partial charge in [-0.25, -0.2) is 4.39 Å². The van der Waals surface area contributed by atoms with Crippen molar-refractivity contribution in [2.45, 2.75) is 39.1 Å². The highest BCUT2D eigenvalue weighted by atomic mass is 35.5. The lowest BCUT2D eigenvalue weighted by Gasteiger charge is -2.29. The van der Waals surface area contributed by atoms with Gasteiger partial charge in [0.2, 0.25) is 11.8 Å². The summed E-state index contributed by atoms with van der Waals surface area (Å²) in [6.07, 6.45) is 0. The van der Waals surface area contributed by atoms with Crippen molar-refractivity contribution < 1.29 is 14.0 Å². The van der Waals surface area contributed by atoms with E-state index in [-0.39, 0.29) is 30.0 Å². The third-order valence-electron chi connectivity index (χ3n) is 4.68. The van der Waals surface area contributed by atoms with E-state index in [1.54, 1.807) is 43.3 Å². The van der Waals surface area contributed by atoms with Crippen LogP contribution in [0.4, 0.5) is 4.39 Å². The molecule has 0 aliphatic heterocycles. The molecule has 0 radical (unpaired) electrons. The zero-order valence-corrected chi connectivity index (χ0v) is 20.2. The summed E-state index contributed by atoms with van der Waals surface area (Å²) < 4.78 is 14.2. The number of carbonyl (C=O) groups excluding carboxylic acids is 2. The van der Waals surface area contributed by atoms with Crippen LogP contribution in [0.15, 0.2) is 42.5 Å². The van der Waals surface area contributed by atoms with E-state index in [2.05, 4.69) is 5.32 Å². The summed E-state index contributed by atoms with van der Waals surface area (Å²) in [6.45, 7) is 6.15. The smallest absolute Gasteiger partial charge is 0.242 e.